The van der Waals surface area contributed by atoms with Crippen LogP contribution in [0.15, 0.2) is 6.20 Å². The number of rotatable bonds is 2. The van der Waals surface area contributed by atoms with Crippen molar-refractivity contribution in [3.8, 4) is 0 Å². The van der Waals surface area contributed by atoms with Gasteiger partial charge in [0, 0.05) is 17.3 Å². The molecule has 1 unspecified atom stereocenters. The number of nitrogens with one attached hydrogen (secondary N) is 1. The van der Waals surface area contributed by atoms with Crippen LogP contribution in [-0.2, 0) is 12.0 Å². The maximum atomic E-state index is 4.62. The second kappa shape index (κ2) is 4.81. The summed E-state index contributed by atoms with van der Waals surface area (Å²) in [6, 6.07) is 0.508. The number of nitrogens with zero attached hydrogens (tertiary/aromatic N) is 2. The molecule has 0 saturated carbocycles. The highest BCUT2D eigenvalue weighted by molar-refractivity contribution is 5.24. The Hall–Kier alpha value is -0.830. The number of aromatic nitrogens is 2. The molecule has 1 atom stereocenters. The zero-order valence-electron chi connectivity index (χ0n) is 11.6. The van der Waals surface area contributed by atoms with Gasteiger partial charge in [-0.15, -0.1) is 0 Å². The summed E-state index contributed by atoms with van der Waals surface area (Å²) in [5.74, 6) is 0. The third-order valence-corrected chi connectivity index (χ3v) is 3.52. The summed E-state index contributed by atoms with van der Waals surface area (Å²) in [5, 5.41) is 8.21. The minimum atomic E-state index is 0.0920. The van der Waals surface area contributed by atoms with E-state index in [0.717, 1.165) is 6.54 Å². The quantitative estimate of drug-likeness (QED) is 0.799. The minimum Gasteiger partial charge on any atom is -0.310 e. The highest BCUT2D eigenvalue weighted by Crippen LogP contribution is 2.31. The summed E-state index contributed by atoms with van der Waals surface area (Å²) < 4.78 is 2.22. The van der Waals surface area contributed by atoms with Gasteiger partial charge in [-0.1, -0.05) is 13.3 Å². The number of fused-ring (bicyclic) bond motifs is 1. The van der Waals surface area contributed by atoms with Crippen molar-refractivity contribution in [1.82, 2.24) is 15.1 Å². The van der Waals surface area contributed by atoms with Gasteiger partial charge in [-0.05, 0) is 46.6 Å². The summed E-state index contributed by atoms with van der Waals surface area (Å²) in [6.07, 6.45) is 7.11. The molecule has 96 valence electrons. The average Bonchev–Trinajstić information content (AvgIpc) is 2.58. The lowest BCUT2D eigenvalue weighted by atomic mass is 10.0. The Morgan fingerprint density at radius 2 is 2.18 bits per heavy atom. The van der Waals surface area contributed by atoms with Crippen LogP contribution in [0.3, 0.4) is 0 Å². The van der Waals surface area contributed by atoms with E-state index < -0.39 is 0 Å². The van der Waals surface area contributed by atoms with Gasteiger partial charge in [-0.2, -0.15) is 5.10 Å². The summed E-state index contributed by atoms with van der Waals surface area (Å²) in [7, 11) is 0. The first-order chi connectivity index (χ1) is 8.04. The van der Waals surface area contributed by atoms with Crippen LogP contribution in [0, 0.1) is 0 Å². The molecule has 1 heterocycles. The molecule has 0 spiro atoms. The average molecular weight is 235 g/mol. The SMILES string of the molecule is CCNC1CCCCc2c1cnn2C(C)(C)C. The molecule has 0 aliphatic heterocycles. The lowest BCUT2D eigenvalue weighted by molar-refractivity contribution is 0.342. The molecule has 0 radical (unpaired) electrons. The molecule has 0 fully saturated rings. The van der Waals surface area contributed by atoms with Crippen LogP contribution in [-0.4, -0.2) is 16.3 Å². The molecule has 0 bridgehead atoms. The summed E-state index contributed by atoms with van der Waals surface area (Å²) in [4.78, 5) is 0. The van der Waals surface area contributed by atoms with Gasteiger partial charge in [-0.25, -0.2) is 0 Å². The van der Waals surface area contributed by atoms with Gasteiger partial charge in [0.2, 0.25) is 0 Å². The lowest BCUT2D eigenvalue weighted by Gasteiger charge is -2.23. The lowest BCUT2D eigenvalue weighted by Crippen LogP contribution is -2.26. The van der Waals surface area contributed by atoms with Gasteiger partial charge in [-0.3, -0.25) is 4.68 Å². The highest BCUT2D eigenvalue weighted by atomic mass is 15.3. The molecule has 2 rings (SSSR count). The van der Waals surface area contributed by atoms with E-state index in [1.807, 2.05) is 0 Å². The summed E-state index contributed by atoms with van der Waals surface area (Å²) in [5.41, 5.74) is 2.97. The molecule has 0 aromatic carbocycles. The van der Waals surface area contributed by atoms with E-state index >= 15 is 0 Å². The summed E-state index contributed by atoms with van der Waals surface area (Å²) >= 11 is 0. The Morgan fingerprint density at radius 1 is 1.41 bits per heavy atom. The molecule has 1 N–H and O–H groups in total. The van der Waals surface area contributed by atoms with E-state index in [0.29, 0.717) is 6.04 Å². The highest BCUT2D eigenvalue weighted by Gasteiger charge is 2.26. The van der Waals surface area contributed by atoms with Crippen molar-refractivity contribution in [2.75, 3.05) is 6.54 Å². The third kappa shape index (κ3) is 2.54. The van der Waals surface area contributed by atoms with E-state index in [-0.39, 0.29) is 5.54 Å². The van der Waals surface area contributed by atoms with Gasteiger partial charge in [0.05, 0.1) is 11.7 Å². The van der Waals surface area contributed by atoms with Crippen molar-refractivity contribution >= 4 is 0 Å². The molecule has 17 heavy (non-hydrogen) atoms. The van der Waals surface area contributed by atoms with Crippen LogP contribution >= 0.6 is 0 Å². The third-order valence-electron chi connectivity index (χ3n) is 3.52. The van der Waals surface area contributed by atoms with Crippen LogP contribution < -0.4 is 5.32 Å². The molecular formula is C14H25N3. The zero-order chi connectivity index (χ0) is 12.5. The Balaban J connectivity index is 2.37. The van der Waals surface area contributed by atoms with Crippen molar-refractivity contribution in [3.63, 3.8) is 0 Å². The maximum absolute atomic E-state index is 4.62. The second-order valence-corrected chi connectivity index (χ2v) is 5.99. The first-order valence-electron chi connectivity index (χ1n) is 6.84. The molecule has 1 aliphatic rings. The summed E-state index contributed by atoms with van der Waals surface area (Å²) in [6.45, 7) is 9.90. The Kier molecular flexibility index (Phi) is 3.57. The predicted molar refractivity (Wildman–Crippen MR) is 71.2 cm³/mol. The Labute approximate surface area is 105 Å². The van der Waals surface area contributed by atoms with Crippen molar-refractivity contribution in [2.24, 2.45) is 0 Å². The molecule has 1 aromatic rings. The molecule has 3 nitrogen and oxygen atoms in total. The van der Waals surface area contributed by atoms with Crippen LogP contribution in [0.2, 0.25) is 0 Å². The largest absolute Gasteiger partial charge is 0.310 e. The fourth-order valence-electron chi connectivity index (χ4n) is 2.76. The molecule has 1 aromatic heterocycles. The fourth-order valence-corrected chi connectivity index (χ4v) is 2.76. The van der Waals surface area contributed by atoms with Gasteiger partial charge in [0.15, 0.2) is 0 Å². The molecule has 0 amide bonds. The van der Waals surface area contributed by atoms with E-state index in [4.69, 9.17) is 0 Å². The van der Waals surface area contributed by atoms with Crippen molar-refractivity contribution in [2.45, 2.75) is 65.0 Å². The van der Waals surface area contributed by atoms with E-state index in [9.17, 15) is 0 Å². The van der Waals surface area contributed by atoms with E-state index in [2.05, 4.69) is 49.0 Å². The number of hydrogen-bond donors (Lipinski definition) is 1. The minimum absolute atomic E-state index is 0.0920. The van der Waals surface area contributed by atoms with E-state index in [1.54, 1.807) is 0 Å². The standard InChI is InChI=1S/C14H25N3/c1-5-15-12-8-6-7-9-13-11(12)10-16-17(13)14(2,3)4/h10,12,15H,5-9H2,1-4H3. The molecule has 0 saturated heterocycles. The zero-order valence-corrected chi connectivity index (χ0v) is 11.6. The van der Waals surface area contributed by atoms with E-state index in [1.165, 1.54) is 36.9 Å². The fraction of sp³-hybridized carbons (Fsp3) is 0.786. The van der Waals surface area contributed by atoms with Gasteiger partial charge < -0.3 is 5.32 Å². The van der Waals surface area contributed by atoms with Gasteiger partial charge >= 0.3 is 0 Å². The van der Waals surface area contributed by atoms with Crippen molar-refractivity contribution in [1.29, 1.82) is 0 Å². The van der Waals surface area contributed by atoms with Crippen molar-refractivity contribution < 1.29 is 0 Å². The Morgan fingerprint density at radius 3 is 2.82 bits per heavy atom. The van der Waals surface area contributed by atoms with Crippen LogP contribution in [0.5, 0.6) is 0 Å². The molecule has 1 aliphatic carbocycles. The predicted octanol–water partition coefficient (Wildman–Crippen LogP) is 3.02. The van der Waals surface area contributed by atoms with Crippen LogP contribution in [0.25, 0.3) is 0 Å². The van der Waals surface area contributed by atoms with Crippen molar-refractivity contribution in [3.05, 3.63) is 17.5 Å². The number of hydrogen-bond acceptors (Lipinski definition) is 2. The normalized spacial score (nSPS) is 21.1. The maximum Gasteiger partial charge on any atom is 0.0546 e. The monoisotopic (exact) mass is 235 g/mol. The first-order valence-corrected chi connectivity index (χ1v) is 6.84. The topological polar surface area (TPSA) is 29.9 Å². The van der Waals surface area contributed by atoms with Crippen LogP contribution in [0.4, 0.5) is 0 Å². The second-order valence-electron chi connectivity index (χ2n) is 5.99. The molecular weight excluding hydrogens is 210 g/mol. The first kappa shape index (κ1) is 12.6. The Bertz CT molecular complexity index is 373. The smallest absolute Gasteiger partial charge is 0.0546 e. The van der Waals surface area contributed by atoms with Gasteiger partial charge in [0.25, 0.3) is 0 Å². The molecule has 3 heteroatoms. The van der Waals surface area contributed by atoms with Crippen LogP contribution in [0.1, 0.15) is 64.3 Å². The van der Waals surface area contributed by atoms with Gasteiger partial charge in [0.1, 0.15) is 0 Å².